The highest BCUT2D eigenvalue weighted by Gasteiger charge is 2.34. The maximum absolute atomic E-state index is 14.0. The number of carbonyl (C=O) groups excluding carboxylic acids is 1. The quantitative estimate of drug-likeness (QED) is 0.387. The van der Waals surface area contributed by atoms with Gasteiger partial charge in [-0.15, -0.1) is 5.10 Å². The van der Waals surface area contributed by atoms with Gasteiger partial charge in [0.05, 0.1) is 17.4 Å². The molecule has 0 bridgehead atoms. The van der Waals surface area contributed by atoms with Crippen LogP contribution in [0.15, 0.2) is 67.1 Å². The van der Waals surface area contributed by atoms with Gasteiger partial charge in [-0.05, 0) is 61.5 Å². The molecular formula is C28H28F3N7O. The number of pyridine rings is 1. The number of hydrogen-bond acceptors (Lipinski definition) is 6. The summed E-state index contributed by atoms with van der Waals surface area (Å²) < 4.78 is 43.4. The number of nitrogens with zero attached hydrogens (tertiary/aromatic N) is 6. The summed E-state index contributed by atoms with van der Waals surface area (Å²) in [6.07, 6.45) is 0.532. The fourth-order valence-electron chi connectivity index (χ4n) is 4.53. The van der Waals surface area contributed by atoms with Crippen LogP contribution >= 0.6 is 0 Å². The molecule has 1 aliphatic heterocycles. The lowest BCUT2D eigenvalue weighted by atomic mass is 10.0. The first kappa shape index (κ1) is 26.5. The number of alkyl halides is 3. The third-order valence-corrected chi connectivity index (χ3v) is 6.83. The lowest BCUT2D eigenvalue weighted by Crippen LogP contribution is -2.44. The van der Waals surface area contributed by atoms with E-state index in [1.54, 1.807) is 47.5 Å². The minimum atomic E-state index is -4.54. The van der Waals surface area contributed by atoms with E-state index in [-0.39, 0.29) is 23.4 Å². The van der Waals surface area contributed by atoms with Gasteiger partial charge in [0.15, 0.2) is 0 Å². The molecule has 2 aromatic heterocycles. The molecule has 0 spiro atoms. The van der Waals surface area contributed by atoms with E-state index >= 15 is 0 Å². The van der Waals surface area contributed by atoms with Gasteiger partial charge in [0.2, 0.25) is 0 Å². The van der Waals surface area contributed by atoms with Crippen LogP contribution in [-0.2, 0) is 12.7 Å². The van der Waals surface area contributed by atoms with E-state index in [0.29, 0.717) is 24.5 Å². The Kier molecular flexibility index (Phi) is 7.45. The SMILES string of the molecule is Cc1ccc(C(=O)Nc2ccc(CN3CCN(C)CC3)c(C(F)(F)F)c2)cc1-n1cc(-c2cccnc2)nn1. The van der Waals surface area contributed by atoms with Crippen LogP contribution in [0.3, 0.4) is 0 Å². The Labute approximate surface area is 224 Å². The fraction of sp³-hybridized carbons (Fsp3) is 0.286. The van der Waals surface area contributed by atoms with E-state index in [1.807, 2.05) is 24.9 Å². The highest BCUT2D eigenvalue weighted by molar-refractivity contribution is 6.04. The zero-order valence-electron chi connectivity index (χ0n) is 21.6. The van der Waals surface area contributed by atoms with E-state index < -0.39 is 17.6 Å². The van der Waals surface area contributed by atoms with Crippen molar-refractivity contribution in [1.29, 1.82) is 0 Å². The molecule has 1 amide bonds. The van der Waals surface area contributed by atoms with Crippen molar-refractivity contribution in [2.24, 2.45) is 0 Å². The number of hydrogen-bond donors (Lipinski definition) is 1. The minimum Gasteiger partial charge on any atom is -0.322 e. The van der Waals surface area contributed by atoms with Crippen molar-refractivity contribution in [2.75, 3.05) is 38.5 Å². The molecule has 2 aromatic carbocycles. The first-order chi connectivity index (χ1) is 18.7. The summed E-state index contributed by atoms with van der Waals surface area (Å²) >= 11 is 0. The van der Waals surface area contributed by atoms with Crippen LogP contribution in [-0.4, -0.2) is 68.9 Å². The highest BCUT2D eigenvalue weighted by Crippen LogP contribution is 2.35. The highest BCUT2D eigenvalue weighted by atomic mass is 19.4. The van der Waals surface area contributed by atoms with E-state index in [2.05, 4.69) is 25.5 Å². The third-order valence-electron chi connectivity index (χ3n) is 6.83. The van der Waals surface area contributed by atoms with Gasteiger partial charge in [0.25, 0.3) is 5.91 Å². The molecule has 0 radical (unpaired) electrons. The number of piperazine rings is 1. The molecule has 4 aromatic rings. The number of amides is 1. The van der Waals surface area contributed by atoms with Crippen molar-refractivity contribution in [3.8, 4) is 16.9 Å². The number of carbonyl (C=O) groups is 1. The molecule has 0 atom stereocenters. The van der Waals surface area contributed by atoms with Gasteiger partial charge in [-0.2, -0.15) is 13.2 Å². The van der Waals surface area contributed by atoms with Gasteiger partial charge in [-0.1, -0.05) is 17.3 Å². The summed E-state index contributed by atoms with van der Waals surface area (Å²) in [6.45, 7) is 5.12. The Morgan fingerprint density at radius 1 is 1.05 bits per heavy atom. The standard InChI is InChI=1S/C28H28F3N7O/c1-19-5-6-20(14-26(19)38-18-25(34-35-38)21-4-3-9-32-16-21)27(39)33-23-8-7-22(24(15-23)28(29,30)31)17-37-12-10-36(2)11-13-37/h3-9,14-16,18H,10-13,17H2,1-2H3,(H,33,39). The van der Waals surface area contributed by atoms with Crippen LogP contribution in [0.4, 0.5) is 18.9 Å². The van der Waals surface area contributed by atoms with Crippen LogP contribution in [0.2, 0.25) is 0 Å². The van der Waals surface area contributed by atoms with E-state index in [9.17, 15) is 18.0 Å². The van der Waals surface area contributed by atoms with Gasteiger partial charge in [0, 0.05) is 61.9 Å². The third kappa shape index (κ3) is 6.15. The van der Waals surface area contributed by atoms with Crippen LogP contribution in [0, 0.1) is 6.92 Å². The predicted octanol–water partition coefficient (Wildman–Crippen LogP) is 4.66. The van der Waals surface area contributed by atoms with Gasteiger partial charge in [0.1, 0.15) is 5.69 Å². The van der Waals surface area contributed by atoms with Crippen molar-refractivity contribution < 1.29 is 18.0 Å². The normalized spacial score (nSPS) is 14.9. The molecule has 1 N–H and O–H groups in total. The van der Waals surface area contributed by atoms with Gasteiger partial charge < -0.3 is 10.2 Å². The molecular weight excluding hydrogens is 507 g/mol. The molecule has 11 heteroatoms. The number of halogens is 3. The van der Waals surface area contributed by atoms with Crippen molar-refractivity contribution in [3.05, 3.63) is 89.4 Å². The number of benzene rings is 2. The Morgan fingerprint density at radius 2 is 1.85 bits per heavy atom. The molecule has 3 heterocycles. The Balaban J connectivity index is 1.35. The number of anilines is 1. The van der Waals surface area contributed by atoms with E-state index in [4.69, 9.17) is 0 Å². The number of aryl methyl sites for hydroxylation is 1. The van der Waals surface area contributed by atoms with Crippen LogP contribution in [0.1, 0.15) is 27.0 Å². The maximum atomic E-state index is 14.0. The maximum Gasteiger partial charge on any atom is 0.416 e. The first-order valence-corrected chi connectivity index (χ1v) is 12.5. The monoisotopic (exact) mass is 535 g/mol. The first-order valence-electron chi connectivity index (χ1n) is 12.5. The van der Waals surface area contributed by atoms with Gasteiger partial charge in [-0.25, -0.2) is 4.68 Å². The summed E-state index contributed by atoms with van der Waals surface area (Å²) in [7, 11) is 2.00. The van der Waals surface area contributed by atoms with Crippen LogP contribution in [0.25, 0.3) is 16.9 Å². The molecule has 0 unspecified atom stereocenters. The van der Waals surface area contributed by atoms with Crippen molar-refractivity contribution in [1.82, 2.24) is 29.8 Å². The summed E-state index contributed by atoms with van der Waals surface area (Å²) in [5, 5.41) is 11.0. The van der Waals surface area contributed by atoms with Crippen LogP contribution < -0.4 is 5.32 Å². The minimum absolute atomic E-state index is 0.0798. The molecule has 8 nitrogen and oxygen atoms in total. The zero-order valence-corrected chi connectivity index (χ0v) is 21.6. The Bertz CT molecular complexity index is 1460. The average Bonchev–Trinajstić information content (AvgIpc) is 3.41. The fourth-order valence-corrected chi connectivity index (χ4v) is 4.53. The smallest absolute Gasteiger partial charge is 0.322 e. The molecule has 5 rings (SSSR count). The lowest BCUT2D eigenvalue weighted by molar-refractivity contribution is -0.138. The molecule has 1 aliphatic rings. The second-order valence-corrected chi connectivity index (χ2v) is 9.69. The molecule has 1 fully saturated rings. The molecule has 0 aliphatic carbocycles. The summed E-state index contributed by atoms with van der Waals surface area (Å²) in [5.74, 6) is -0.524. The molecule has 202 valence electrons. The summed E-state index contributed by atoms with van der Waals surface area (Å²) in [4.78, 5) is 21.3. The molecule has 1 saturated heterocycles. The van der Waals surface area contributed by atoms with E-state index in [0.717, 1.165) is 30.3 Å². The van der Waals surface area contributed by atoms with Gasteiger partial charge in [-0.3, -0.25) is 14.7 Å². The lowest BCUT2D eigenvalue weighted by Gasteiger charge is -2.33. The Morgan fingerprint density at radius 3 is 2.56 bits per heavy atom. The molecule has 0 saturated carbocycles. The van der Waals surface area contributed by atoms with Crippen LogP contribution in [0.5, 0.6) is 0 Å². The number of likely N-dealkylation sites (N-methyl/N-ethyl adjacent to an activating group) is 1. The largest absolute Gasteiger partial charge is 0.416 e. The Hall–Kier alpha value is -4.09. The number of rotatable bonds is 6. The van der Waals surface area contributed by atoms with Crippen molar-refractivity contribution >= 4 is 11.6 Å². The van der Waals surface area contributed by atoms with E-state index in [1.165, 1.54) is 12.1 Å². The number of aromatic nitrogens is 4. The van der Waals surface area contributed by atoms with Crippen molar-refractivity contribution in [3.63, 3.8) is 0 Å². The summed E-state index contributed by atoms with van der Waals surface area (Å²) in [6, 6.07) is 12.7. The van der Waals surface area contributed by atoms with Gasteiger partial charge >= 0.3 is 6.18 Å². The predicted molar refractivity (Wildman–Crippen MR) is 141 cm³/mol. The number of nitrogens with one attached hydrogen (secondary N) is 1. The second-order valence-electron chi connectivity index (χ2n) is 9.69. The topological polar surface area (TPSA) is 79.2 Å². The summed E-state index contributed by atoms with van der Waals surface area (Å²) in [5.41, 5.74) is 2.71. The zero-order chi connectivity index (χ0) is 27.6. The molecule has 39 heavy (non-hydrogen) atoms. The average molecular weight is 536 g/mol. The second kappa shape index (κ2) is 11.0. The van der Waals surface area contributed by atoms with Crippen molar-refractivity contribution in [2.45, 2.75) is 19.6 Å².